The summed E-state index contributed by atoms with van der Waals surface area (Å²) in [5.74, 6) is 0.170. The Bertz CT molecular complexity index is 739. The van der Waals surface area contributed by atoms with Crippen LogP contribution in [0.1, 0.15) is 23.2 Å². The molecule has 2 aromatic rings. The molecule has 1 saturated heterocycles. The maximum atomic E-state index is 12.3. The van der Waals surface area contributed by atoms with E-state index in [9.17, 15) is 14.9 Å². The number of nitrogens with zero attached hydrogens (tertiary/aromatic N) is 1. The zero-order valence-corrected chi connectivity index (χ0v) is 13.8. The lowest BCUT2D eigenvalue weighted by atomic mass is 10.1. The third-order valence-corrected chi connectivity index (χ3v) is 5.28. The van der Waals surface area contributed by atoms with Crippen LogP contribution < -0.4 is 0 Å². The maximum Gasteiger partial charge on any atom is 0.340 e. The molecule has 0 bridgehead atoms. The predicted molar refractivity (Wildman–Crippen MR) is 91.5 cm³/mol. The number of H-pyrrole nitrogens is 1. The fourth-order valence-electron chi connectivity index (χ4n) is 2.75. The number of nitro benzene ring substituents is 1. The minimum atomic E-state index is -0.539. The number of carbonyl (C=O) groups is 1. The van der Waals surface area contributed by atoms with E-state index in [0.29, 0.717) is 21.9 Å². The standard InChI is InChI=1S/C16H18N2O5S/c19-16(23-8-9-24-11-4-6-22-7-5-11)12-10-17-13-2-1-3-14(15(12)13)18(20)21/h1-3,10-11,17H,4-9H2. The summed E-state index contributed by atoms with van der Waals surface area (Å²) in [7, 11) is 0. The van der Waals surface area contributed by atoms with E-state index in [4.69, 9.17) is 9.47 Å². The van der Waals surface area contributed by atoms with Crippen LogP contribution in [0.25, 0.3) is 10.9 Å². The first-order valence-electron chi connectivity index (χ1n) is 7.78. The molecule has 0 amide bonds. The highest BCUT2D eigenvalue weighted by molar-refractivity contribution is 7.99. The molecule has 1 aromatic heterocycles. The predicted octanol–water partition coefficient (Wildman–Crippen LogP) is 3.15. The summed E-state index contributed by atoms with van der Waals surface area (Å²) >= 11 is 1.78. The van der Waals surface area contributed by atoms with Crippen LogP contribution in [0, 0.1) is 10.1 Å². The van der Waals surface area contributed by atoms with E-state index in [1.807, 2.05) is 0 Å². The number of esters is 1. The normalized spacial score (nSPS) is 15.5. The molecule has 128 valence electrons. The van der Waals surface area contributed by atoms with Crippen LogP contribution in [0.3, 0.4) is 0 Å². The van der Waals surface area contributed by atoms with Crippen LogP contribution in [0.4, 0.5) is 5.69 Å². The Kier molecular flexibility index (Phi) is 5.37. The Labute approximate surface area is 142 Å². The van der Waals surface area contributed by atoms with Gasteiger partial charge in [-0.15, -0.1) is 0 Å². The SMILES string of the molecule is O=C(OCCSC1CCOCC1)c1c[nH]c2cccc([N+](=O)[O-])c12. The van der Waals surface area contributed by atoms with Crippen molar-refractivity contribution in [2.45, 2.75) is 18.1 Å². The second-order valence-electron chi connectivity index (χ2n) is 5.48. The summed E-state index contributed by atoms with van der Waals surface area (Å²) in [5.41, 5.74) is 0.651. The van der Waals surface area contributed by atoms with Gasteiger partial charge in [-0.1, -0.05) is 6.07 Å². The van der Waals surface area contributed by atoms with Crippen LogP contribution >= 0.6 is 11.8 Å². The number of carbonyl (C=O) groups excluding carboxylic acids is 1. The molecule has 7 nitrogen and oxygen atoms in total. The third-order valence-electron chi connectivity index (χ3n) is 3.94. The number of nitro groups is 1. The molecular formula is C16H18N2O5S. The first-order valence-corrected chi connectivity index (χ1v) is 8.82. The smallest absolute Gasteiger partial charge is 0.340 e. The second-order valence-corrected chi connectivity index (χ2v) is 6.89. The van der Waals surface area contributed by atoms with E-state index in [1.165, 1.54) is 12.3 Å². The molecule has 0 saturated carbocycles. The number of aromatic nitrogens is 1. The van der Waals surface area contributed by atoms with Gasteiger partial charge in [0.2, 0.25) is 0 Å². The highest BCUT2D eigenvalue weighted by Crippen LogP contribution is 2.29. The van der Waals surface area contributed by atoms with Gasteiger partial charge in [-0.05, 0) is 18.9 Å². The van der Waals surface area contributed by atoms with Crippen molar-refractivity contribution in [3.05, 3.63) is 40.1 Å². The summed E-state index contributed by atoms with van der Waals surface area (Å²) in [4.78, 5) is 25.8. The van der Waals surface area contributed by atoms with Crippen molar-refractivity contribution in [1.82, 2.24) is 4.98 Å². The summed E-state index contributed by atoms with van der Waals surface area (Å²) in [6, 6.07) is 4.66. The zero-order valence-electron chi connectivity index (χ0n) is 13.0. The summed E-state index contributed by atoms with van der Waals surface area (Å²) in [6.07, 6.45) is 3.51. The van der Waals surface area contributed by atoms with Gasteiger partial charge in [0.15, 0.2) is 0 Å². The first kappa shape index (κ1) is 16.8. The minimum Gasteiger partial charge on any atom is -0.461 e. The van der Waals surface area contributed by atoms with E-state index in [-0.39, 0.29) is 17.9 Å². The van der Waals surface area contributed by atoms with Gasteiger partial charge < -0.3 is 14.5 Å². The number of ether oxygens (including phenoxy) is 2. The number of non-ortho nitro benzene ring substituents is 1. The van der Waals surface area contributed by atoms with E-state index in [2.05, 4.69) is 4.98 Å². The van der Waals surface area contributed by atoms with Crippen LogP contribution in [-0.4, -0.2) is 46.7 Å². The Morgan fingerprint density at radius 1 is 1.42 bits per heavy atom. The molecule has 1 fully saturated rings. The van der Waals surface area contributed by atoms with Crippen molar-refractivity contribution in [3.63, 3.8) is 0 Å². The molecule has 0 aliphatic carbocycles. The number of nitrogens with one attached hydrogen (secondary N) is 1. The maximum absolute atomic E-state index is 12.3. The summed E-state index contributed by atoms with van der Waals surface area (Å²) in [5, 5.41) is 12.0. The van der Waals surface area contributed by atoms with Crippen molar-refractivity contribution in [1.29, 1.82) is 0 Å². The summed E-state index contributed by atoms with van der Waals surface area (Å²) < 4.78 is 10.6. The number of thioether (sulfide) groups is 1. The molecule has 3 rings (SSSR count). The van der Waals surface area contributed by atoms with Gasteiger partial charge in [-0.2, -0.15) is 11.8 Å². The van der Waals surface area contributed by atoms with Gasteiger partial charge in [-0.3, -0.25) is 10.1 Å². The van der Waals surface area contributed by atoms with E-state index >= 15 is 0 Å². The molecule has 0 radical (unpaired) electrons. The molecular weight excluding hydrogens is 332 g/mol. The highest BCUT2D eigenvalue weighted by Gasteiger charge is 2.22. The van der Waals surface area contributed by atoms with Crippen LogP contribution in [-0.2, 0) is 9.47 Å². The topological polar surface area (TPSA) is 94.5 Å². The molecule has 1 aromatic carbocycles. The number of benzene rings is 1. The van der Waals surface area contributed by atoms with E-state index in [1.54, 1.807) is 23.9 Å². The monoisotopic (exact) mass is 350 g/mol. The van der Waals surface area contributed by atoms with Crippen molar-refractivity contribution in [3.8, 4) is 0 Å². The average Bonchev–Trinajstić information content (AvgIpc) is 3.03. The second kappa shape index (κ2) is 7.67. The Morgan fingerprint density at radius 2 is 2.21 bits per heavy atom. The fraction of sp³-hybridized carbons (Fsp3) is 0.438. The number of hydrogen-bond acceptors (Lipinski definition) is 6. The molecule has 0 spiro atoms. The van der Waals surface area contributed by atoms with Gasteiger partial charge >= 0.3 is 5.97 Å². The quantitative estimate of drug-likeness (QED) is 0.372. The molecule has 0 unspecified atom stereocenters. The summed E-state index contributed by atoms with van der Waals surface area (Å²) in [6.45, 7) is 1.86. The number of aromatic amines is 1. The number of hydrogen-bond donors (Lipinski definition) is 1. The minimum absolute atomic E-state index is 0.0997. The largest absolute Gasteiger partial charge is 0.461 e. The van der Waals surface area contributed by atoms with Gasteiger partial charge in [-0.25, -0.2) is 4.79 Å². The molecule has 8 heteroatoms. The highest BCUT2D eigenvalue weighted by atomic mass is 32.2. The Hall–Kier alpha value is -2.06. The molecule has 1 N–H and O–H groups in total. The third kappa shape index (κ3) is 3.70. The lowest BCUT2D eigenvalue weighted by Crippen LogP contribution is -2.18. The van der Waals surface area contributed by atoms with Crippen LogP contribution in [0.2, 0.25) is 0 Å². The van der Waals surface area contributed by atoms with Gasteiger partial charge in [0.1, 0.15) is 6.61 Å². The van der Waals surface area contributed by atoms with Crippen molar-refractivity contribution in [2.24, 2.45) is 0 Å². The Morgan fingerprint density at radius 3 is 2.96 bits per heavy atom. The van der Waals surface area contributed by atoms with Crippen molar-refractivity contribution >= 4 is 34.3 Å². The average molecular weight is 350 g/mol. The molecule has 2 heterocycles. The van der Waals surface area contributed by atoms with Crippen LogP contribution in [0.15, 0.2) is 24.4 Å². The van der Waals surface area contributed by atoms with E-state index < -0.39 is 10.9 Å². The van der Waals surface area contributed by atoms with E-state index in [0.717, 1.165) is 26.1 Å². The first-order chi connectivity index (χ1) is 11.7. The van der Waals surface area contributed by atoms with Crippen LogP contribution in [0.5, 0.6) is 0 Å². The van der Waals surface area contributed by atoms with Gasteiger partial charge in [0, 0.05) is 36.5 Å². The molecule has 24 heavy (non-hydrogen) atoms. The van der Waals surface area contributed by atoms with Gasteiger partial charge in [0.05, 0.1) is 21.4 Å². The zero-order chi connectivity index (χ0) is 16.9. The number of fused-ring (bicyclic) bond motifs is 1. The molecule has 1 aliphatic heterocycles. The van der Waals surface area contributed by atoms with Crippen molar-refractivity contribution < 1.29 is 19.2 Å². The lowest BCUT2D eigenvalue weighted by Gasteiger charge is -2.21. The molecule has 1 aliphatic rings. The fourth-order valence-corrected chi connectivity index (χ4v) is 3.79. The number of rotatable bonds is 6. The Balaban J connectivity index is 1.61. The van der Waals surface area contributed by atoms with Crippen molar-refractivity contribution in [2.75, 3.05) is 25.6 Å². The lowest BCUT2D eigenvalue weighted by molar-refractivity contribution is -0.383. The molecule has 0 atom stereocenters. The van der Waals surface area contributed by atoms with Gasteiger partial charge in [0.25, 0.3) is 5.69 Å².